The minimum absolute atomic E-state index is 0.120. The van der Waals surface area contributed by atoms with Crippen molar-refractivity contribution in [2.24, 2.45) is 0 Å². The van der Waals surface area contributed by atoms with Crippen molar-refractivity contribution in [2.45, 2.75) is 63.9 Å². The summed E-state index contributed by atoms with van der Waals surface area (Å²) in [6.45, 7) is 5.20. The van der Waals surface area contributed by atoms with Crippen LogP contribution in [0.2, 0.25) is 0 Å². The molecule has 118 valence electrons. The molecule has 21 heavy (non-hydrogen) atoms. The molecule has 1 aromatic carbocycles. The van der Waals surface area contributed by atoms with Gasteiger partial charge in [0.1, 0.15) is 0 Å². The molecule has 0 bridgehead atoms. The fourth-order valence-electron chi connectivity index (χ4n) is 2.93. The summed E-state index contributed by atoms with van der Waals surface area (Å²) >= 11 is 0. The first-order chi connectivity index (χ1) is 10.2. The number of methoxy groups -OCH3 is 1. The normalized spacial score (nSPS) is 24.2. The molecule has 2 rings (SSSR count). The maximum Gasteiger partial charge on any atom is 0.0953 e. The SMILES string of the molecule is COC1CCCC(OC(CNC(C)C)c2ccccc2)C1. The smallest absolute Gasteiger partial charge is 0.0953 e. The number of benzene rings is 1. The Kier molecular flexibility index (Phi) is 6.68. The Hall–Kier alpha value is -0.900. The summed E-state index contributed by atoms with van der Waals surface area (Å²) in [6.07, 6.45) is 5.31. The van der Waals surface area contributed by atoms with E-state index in [-0.39, 0.29) is 6.10 Å². The van der Waals surface area contributed by atoms with Gasteiger partial charge in [0.05, 0.1) is 18.3 Å². The van der Waals surface area contributed by atoms with Crippen LogP contribution in [0.1, 0.15) is 51.2 Å². The standard InChI is InChI=1S/C18H29NO2/c1-14(2)19-13-18(15-8-5-4-6-9-15)21-17-11-7-10-16(12-17)20-3/h4-6,8-9,14,16-19H,7,10-13H2,1-3H3. The number of ether oxygens (including phenoxy) is 2. The molecule has 3 heteroatoms. The molecule has 0 aliphatic heterocycles. The number of hydrogen-bond acceptors (Lipinski definition) is 3. The molecule has 1 aromatic rings. The van der Waals surface area contributed by atoms with Crippen LogP contribution in [-0.2, 0) is 9.47 Å². The number of rotatable bonds is 7. The first-order valence-corrected chi connectivity index (χ1v) is 8.15. The van der Waals surface area contributed by atoms with Gasteiger partial charge in [0.2, 0.25) is 0 Å². The zero-order valence-corrected chi connectivity index (χ0v) is 13.5. The molecule has 0 amide bonds. The Labute approximate surface area is 129 Å². The average Bonchev–Trinajstić information content (AvgIpc) is 2.52. The highest BCUT2D eigenvalue weighted by Gasteiger charge is 2.25. The zero-order valence-electron chi connectivity index (χ0n) is 13.5. The second kappa shape index (κ2) is 8.52. The maximum absolute atomic E-state index is 6.42. The molecular formula is C18H29NO2. The van der Waals surface area contributed by atoms with Gasteiger partial charge in [-0.1, -0.05) is 44.2 Å². The zero-order chi connectivity index (χ0) is 15.1. The largest absolute Gasteiger partial charge is 0.381 e. The van der Waals surface area contributed by atoms with Crippen LogP contribution in [0.25, 0.3) is 0 Å². The summed E-state index contributed by atoms with van der Waals surface area (Å²) < 4.78 is 11.9. The maximum atomic E-state index is 6.42. The van der Waals surface area contributed by atoms with Gasteiger partial charge < -0.3 is 14.8 Å². The molecule has 1 saturated carbocycles. The second-order valence-corrected chi connectivity index (χ2v) is 6.24. The Morgan fingerprint density at radius 3 is 2.52 bits per heavy atom. The molecule has 0 aromatic heterocycles. The van der Waals surface area contributed by atoms with E-state index in [9.17, 15) is 0 Å². The highest BCUT2D eigenvalue weighted by molar-refractivity contribution is 5.18. The van der Waals surface area contributed by atoms with Gasteiger partial charge in [-0.05, 0) is 31.2 Å². The summed E-state index contributed by atoms with van der Waals surface area (Å²) in [4.78, 5) is 0. The lowest BCUT2D eigenvalue weighted by molar-refractivity contribution is -0.0660. The highest BCUT2D eigenvalue weighted by atomic mass is 16.5. The predicted octanol–water partition coefficient (Wildman–Crippen LogP) is 3.70. The van der Waals surface area contributed by atoms with Crippen LogP contribution in [0.4, 0.5) is 0 Å². The fourth-order valence-corrected chi connectivity index (χ4v) is 2.93. The lowest BCUT2D eigenvalue weighted by atomic mass is 9.94. The fraction of sp³-hybridized carbons (Fsp3) is 0.667. The van der Waals surface area contributed by atoms with Gasteiger partial charge in [0, 0.05) is 19.7 Å². The summed E-state index contributed by atoms with van der Waals surface area (Å²) in [7, 11) is 1.81. The molecule has 3 unspecified atom stereocenters. The van der Waals surface area contributed by atoms with E-state index in [0.29, 0.717) is 18.2 Å². The predicted molar refractivity (Wildman–Crippen MR) is 86.5 cm³/mol. The van der Waals surface area contributed by atoms with E-state index in [2.05, 4.69) is 49.5 Å². The minimum atomic E-state index is 0.120. The lowest BCUT2D eigenvalue weighted by Crippen LogP contribution is -2.34. The molecule has 1 N–H and O–H groups in total. The highest BCUT2D eigenvalue weighted by Crippen LogP contribution is 2.28. The lowest BCUT2D eigenvalue weighted by Gasteiger charge is -2.32. The molecule has 3 nitrogen and oxygen atoms in total. The van der Waals surface area contributed by atoms with E-state index < -0.39 is 0 Å². The summed E-state index contributed by atoms with van der Waals surface area (Å²) in [5.74, 6) is 0. The van der Waals surface area contributed by atoms with Crippen LogP contribution < -0.4 is 5.32 Å². The van der Waals surface area contributed by atoms with Crippen molar-refractivity contribution in [3.63, 3.8) is 0 Å². The van der Waals surface area contributed by atoms with Gasteiger partial charge in [-0.2, -0.15) is 0 Å². The van der Waals surface area contributed by atoms with Crippen molar-refractivity contribution < 1.29 is 9.47 Å². The minimum Gasteiger partial charge on any atom is -0.381 e. The molecule has 0 heterocycles. The van der Waals surface area contributed by atoms with Gasteiger partial charge >= 0.3 is 0 Å². The second-order valence-electron chi connectivity index (χ2n) is 6.24. The summed E-state index contributed by atoms with van der Waals surface area (Å²) in [5, 5.41) is 3.50. The van der Waals surface area contributed by atoms with Crippen LogP contribution >= 0.6 is 0 Å². The van der Waals surface area contributed by atoms with Crippen molar-refractivity contribution >= 4 is 0 Å². The molecule has 0 saturated heterocycles. The molecule has 1 aliphatic carbocycles. The Morgan fingerprint density at radius 2 is 1.86 bits per heavy atom. The summed E-state index contributed by atoms with van der Waals surface area (Å²) in [5.41, 5.74) is 1.25. The van der Waals surface area contributed by atoms with E-state index in [1.165, 1.54) is 12.0 Å². The Morgan fingerprint density at radius 1 is 1.14 bits per heavy atom. The van der Waals surface area contributed by atoms with Crippen LogP contribution in [0.3, 0.4) is 0 Å². The monoisotopic (exact) mass is 291 g/mol. The molecule has 3 atom stereocenters. The van der Waals surface area contributed by atoms with Crippen molar-refractivity contribution in [3.05, 3.63) is 35.9 Å². The topological polar surface area (TPSA) is 30.5 Å². The van der Waals surface area contributed by atoms with Crippen LogP contribution in [0.5, 0.6) is 0 Å². The third-order valence-corrected chi connectivity index (χ3v) is 4.15. The van der Waals surface area contributed by atoms with Gasteiger partial charge in [0.25, 0.3) is 0 Å². The van der Waals surface area contributed by atoms with Crippen molar-refractivity contribution in [2.75, 3.05) is 13.7 Å². The quantitative estimate of drug-likeness (QED) is 0.831. The molecular weight excluding hydrogens is 262 g/mol. The van der Waals surface area contributed by atoms with Crippen molar-refractivity contribution in [1.29, 1.82) is 0 Å². The third-order valence-electron chi connectivity index (χ3n) is 4.15. The van der Waals surface area contributed by atoms with Crippen LogP contribution in [-0.4, -0.2) is 31.9 Å². The van der Waals surface area contributed by atoms with Gasteiger partial charge in [0.15, 0.2) is 0 Å². The van der Waals surface area contributed by atoms with Crippen LogP contribution in [0.15, 0.2) is 30.3 Å². The summed E-state index contributed by atoms with van der Waals surface area (Å²) in [6, 6.07) is 11.0. The molecule has 1 aliphatic rings. The van der Waals surface area contributed by atoms with E-state index in [4.69, 9.17) is 9.47 Å². The first kappa shape index (κ1) is 16.5. The van der Waals surface area contributed by atoms with E-state index in [0.717, 1.165) is 25.8 Å². The number of nitrogens with one attached hydrogen (secondary N) is 1. The van der Waals surface area contributed by atoms with Crippen molar-refractivity contribution in [3.8, 4) is 0 Å². The van der Waals surface area contributed by atoms with E-state index >= 15 is 0 Å². The Balaban J connectivity index is 1.98. The van der Waals surface area contributed by atoms with Crippen LogP contribution in [0, 0.1) is 0 Å². The van der Waals surface area contributed by atoms with Gasteiger partial charge in [-0.25, -0.2) is 0 Å². The number of hydrogen-bond donors (Lipinski definition) is 1. The van der Waals surface area contributed by atoms with E-state index in [1.807, 2.05) is 7.11 Å². The van der Waals surface area contributed by atoms with Gasteiger partial charge in [-0.15, -0.1) is 0 Å². The molecule has 0 radical (unpaired) electrons. The average molecular weight is 291 g/mol. The molecule has 1 fully saturated rings. The molecule has 0 spiro atoms. The third kappa shape index (κ3) is 5.42. The van der Waals surface area contributed by atoms with Crippen molar-refractivity contribution in [1.82, 2.24) is 5.32 Å². The Bertz CT molecular complexity index is 393. The van der Waals surface area contributed by atoms with Gasteiger partial charge in [-0.3, -0.25) is 0 Å². The first-order valence-electron chi connectivity index (χ1n) is 8.15. The van der Waals surface area contributed by atoms with E-state index in [1.54, 1.807) is 0 Å².